The fourth-order valence-electron chi connectivity index (χ4n) is 3.20. The van der Waals surface area contributed by atoms with E-state index in [1.54, 1.807) is 6.07 Å². The fraction of sp³-hybridized carbons (Fsp3) is 0.182. The lowest BCUT2D eigenvalue weighted by atomic mass is 9.98. The van der Waals surface area contributed by atoms with Crippen molar-refractivity contribution in [2.75, 3.05) is 13.2 Å². The first-order chi connectivity index (χ1) is 13.9. The minimum Gasteiger partial charge on any atom is -0.347 e. The first-order valence-electron chi connectivity index (χ1n) is 8.96. The second kappa shape index (κ2) is 7.94. The highest BCUT2D eigenvalue weighted by molar-refractivity contribution is 5.71. The molecule has 3 aromatic carbocycles. The molecule has 1 saturated heterocycles. The molecule has 0 aliphatic carbocycles. The van der Waals surface area contributed by atoms with E-state index in [-0.39, 0.29) is 22.7 Å². The van der Waals surface area contributed by atoms with Gasteiger partial charge in [-0.25, -0.2) is 17.6 Å². The molecule has 0 atom stereocenters. The topological polar surface area (TPSA) is 44.5 Å². The highest BCUT2D eigenvalue weighted by Gasteiger charge is 2.22. The zero-order valence-electron chi connectivity index (χ0n) is 15.2. The first kappa shape index (κ1) is 19.6. The zero-order valence-corrected chi connectivity index (χ0v) is 15.2. The Balaban J connectivity index is 1.61. The van der Waals surface area contributed by atoms with Gasteiger partial charge in [0.1, 0.15) is 11.6 Å². The van der Waals surface area contributed by atoms with Crippen molar-refractivity contribution in [3.8, 4) is 22.3 Å². The van der Waals surface area contributed by atoms with Gasteiger partial charge in [0.15, 0.2) is 17.9 Å². The minimum absolute atomic E-state index is 0.0880. The van der Waals surface area contributed by atoms with Gasteiger partial charge in [0.2, 0.25) is 0 Å². The second-order valence-corrected chi connectivity index (χ2v) is 6.82. The largest absolute Gasteiger partial charge is 0.347 e. The number of benzene rings is 3. The predicted molar refractivity (Wildman–Crippen MR) is 99.8 cm³/mol. The molecule has 3 nitrogen and oxygen atoms in total. The summed E-state index contributed by atoms with van der Waals surface area (Å²) in [5.41, 5.74) is 6.97. The Morgan fingerprint density at radius 3 is 1.79 bits per heavy atom. The van der Waals surface area contributed by atoms with Crippen molar-refractivity contribution in [3.05, 3.63) is 83.4 Å². The summed E-state index contributed by atoms with van der Waals surface area (Å²) < 4.78 is 66.7. The van der Waals surface area contributed by atoms with Crippen LogP contribution in [0.5, 0.6) is 0 Å². The lowest BCUT2D eigenvalue weighted by Crippen LogP contribution is -2.37. The van der Waals surface area contributed by atoms with Gasteiger partial charge in [0, 0.05) is 16.7 Å². The van der Waals surface area contributed by atoms with Gasteiger partial charge in [-0.3, -0.25) is 0 Å². The molecule has 2 N–H and O–H groups in total. The van der Waals surface area contributed by atoms with Crippen LogP contribution in [-0.2, 0) is 9.47 Å². The minimum atomic E-state index is -1.07. The Hall–Kier alpha value is -2.74. The maximum absolute atomic E-state index is 14.7. The van der Waals surface area contributed by atoms with Crippen LogP contribution in [0.4, 0.5) is 17.6 Å². The van der Waals surface area contributed by atoms with Crippen molar-refractivity contribution in [1.82, 2.24) is 0 Å². The fourth-order valence-corrected chi connectivity index (χ4v) is 3.20. The van der Waals surface area contributed by atoms with Crippen molar-refractivity contribution in [2.45, 2.75) is 12.3 Å². The van der Waals surface area contributed by atoms with Crippen molar-refractivity contribution >= 4 is 0 Å². The molecule has 4 rings (SSSR count). The van der Waals surface area contributed by atoms with Gasteiger partial charge in [-0.05, 0) is 35.4 Å². The van der Waals surface area contributed by atoms with Crippen LogP contribution in [0, 0.1) is 23.3 Å². The molecule has 0 spiro atoms. The Kier molecular flexibility index (Phi) is 5.36. The number of hydrogen-bond donors (Lipinski definition) is 1. The van der Waals surface area contributed by atoms with E-state index in [4.69, 9.17) is 15.2 Å². The van der Waals surface area contributed by atoms with Crippen molar-refractivity contribution < 1.29 is 27.0 Å². The second-order valence-electron chi connectivity index (χ2n) is 6.82. The van der Waals surface area contributed by atoms with Crippen LogP contribution >= 0.6 is 0 Å². The molecule has 7 heteroatoms. The normalized spacial score (nSPS) is 19.3. The summed E-state index contributed by atoms with van der Waals surface area (Å²) in [5.74, 6) is -3.32. The molecule has 0 radical (unpaired) electrons. The number of hydrogen-bond acceptors (Lipinski definition) is 3. The maximum atomic E-state index is 14.7. The van der Waals surface area contributed by atoms with Crippen LogP contribution in [0.15, 0.2) is 54.6 Å². The van der Waals surface area contributed by atoms with Gasteiger partial charge in [-0.15, -0.1) is 0 Å². The molecule has 1 aliphatic heterocycles. The maximum Gasteiger partial charge on any atom is 0.184 e. The highest BCUT2D eigenvalue weighted by atomic mass is 19.2. The summed E-state index contributed by atoms with van der Waals surface area (Å²) in [5, 5.41) is 0. The molecule has 1 aliphatic rings. The van der Waals surface area contributed by atoms with E-state index in [0.29, 0.717) is 24.3 Å². The molecule has 0 aromatic heterocycles. The summed E-state index contributed by atoms with van der Waals surface area (Å²) in [6, 6.07) is 11.4. The smallest absolute Gasteiger partial charge is 0.184 e. The van der Waals surface area contributed by atoms with Gasteiger partial charge in [0.25, 0.3) is 0 Å². The summed E-state index contributed by atoms with van der Waals surface area (Å²) in [7, 11) is 0. The third-order valence-corrected chi connectivity index (χ3v) is 4.70. The molecule has 1 heterocycles. The van der Waals surface area contributed by atoms with Gasteiger partial charge in [-0.1, -0.05) is 30.3 Å². The molecule has 0 unspecified atom stereocenters. The Morgan fingerprint density at radius 2 is 1.21 bits per heavy atom. The molecule has 1 fully saturated rings. The lowest BCUT2D eigenvalue weighted by molar-refractivity contribution is -0.190. The average Bonchev–Trinajstić information content (AvgIpc) is 2.70. The first-order valence-corrected chi connectivity index (χ1v) is 8.96. The van der Waals surface area contributed by atoms with Crippen LogP contribution < -0.4 is 5.73 Å². The predicted octanol–water partition coefficient (Wildman–Crippen LogP) is 4.95. The summed E-state index contributed by atoms with van der Waals surface area (Å²) in [4.78, 5) is 0. The van der Waals surface area contributed by atoms with Crippen LogP contribution in [0.25, 0.3) is 22.3 Å². The van der Waals surface area contributed by atoms with Gasteiger partial charge < -0.3 is 15.2 Å². The Bertz CT molecular complexity index is 1050. The quantitative estimate of drug-likeness (QED) is 0.630. The van der Waals surface area contributed by atoms with Crippen molar-refractivity contribution in [1.29, 1.82) is 0 Å². The molecule has 0 bridgehead atoms. The third-order valence-electron chi connectivity index (χ3n) is 4.70. The van der Waals surface area contributed by atoms with E-state index >= 15 is 0 Å². The number of halogens is 4. The van der Waals surface area contributed by atoms with E-state index < -0.39 is 29.6 Å². The highest BCUT2D eigenvalue weighted by Crippen LogP contribution is 2.32. The lowest BCUT2D eigenvalue weighted by Gasteiger charge is -2.27. The van der Waals surface area contributed by atoms with E-state index in [1.807, 2.05) is 0 Å². The van der Waals surface area contributed by atoms with Crippen LogP contribution in [0.2, 0.25) is 0 Å². The van der Waals surface area contributed by atoms with E-state index in [2.05, 4.69) is 0 Å². The van der Waals surface area contributed by atoms with Crippen LogP contribution in [0.1, 0.15) is 11.9 Å². The Labute approximate surface area is 164 Å². The molecule has 150 valence electrons. The molecule has 0 amide bonds. The molecule has 0 saturated carbocycles. The number of nitrogens with two attached hydrogens (primary N) is 1. The monoisotopic (exact) mass is 403 g/mol. The average molecular weight is 403 g/mol. The van der Waals surface area contributed by atoms with Crippen molar-refractivity contribution in [2.24, 2.45) is 5.73 Å². The van der Waals surface area contributed by atoms with Crippen LogP contribution in [0.3, 0.4) is 0 Å². The van der Waals surface area contributed by atoms with Gasteiger partial charge >= 0.3 is 0 Å². The van der Waals surface area contributed by atoms with E-state index in [0.717, 1.165) is 18.2 Å². The van der Waals surface area contributed by atoms with Gasteiger partial charge in [0.05, 0.1) is 19.3 Å². The van der Waals surface area contributed by atoms with Crippen LogP contribution in [-0.4, -0.2) is 19.3 Å². The number of ether oxygens (including phenoxy) is 2. The molecule has 3 aromatic rings. The Morgan fingerprint density at radius 1 is 0.655 bits per heavy atom. The summed E-state index contributed by atoms with van der Waals surface area (Å²) in [6.45, 7) is 0.620. The number of rotatable bonds is 3. The molecular weight excluding hydrogens is 386 g/mol. The molecular formula is C22H17F4NO2. The van der Waals surface area contributed by atoms with Crippen molar-refractivity contribution in [3.63, 3.8) is 0 Å². The van der Waals surface area contributed by atoms with E-state index in [9.17, 15) is 17.6 Å². The van der Waals surface area contributed by atoms with Gasteiger partial charge in [-0.2, -0.15) is 0 Å². The van der Waals surface area contributed by atoms with E-state index in [1.165, 1.54) is 30.3 Å². The third kappa shape index (κ3) is 4.03. The SMILES string of the molecule is NC1COC(c2ccc(-c3ccc(-c4ccc(F)c(F)c4)c(F)c3)c(F)c2)OC1. The molecule has 29 heavy (non-hydrogen) atoms. The summed E-state index contributed by atoms with van der Waals surface area (Å²) >= 11 is 0. The summed E-state index contributed by atoms with van der Waals surface area (Å²) in [6.07, 6.45) is -0.703. The zero-order chi connectivity index (χ0) is 20.5. The standard InChI is InChI=1S/C22H17F4NO2/c23-18-6-3-13(8-21(18)26)16-4-1-12(7-19(16)24)17-5-2-14(9-20(17)25)22-28-10-15(27)11-29-22/h1-9,15,22H,10-11,27H2.